The summed E-state index contributed by atoms with van der Waals surface area (Å²) in [5.41, 5.74) is 7.35. The predicted molar refractivity (Wildman–Crippen MR) is 80.5 cm³/mol. The highest BCUT2D eigenvalue weighted by atomic mass is 16.2. The molecule has 0 saturated carbocycles. The molecule has 2 aromatic rings. The number of nitrogens with one attached hydrogen (secondary N) is 1. The van der Waals surface area contributed by atoms with E-state index in [1.54, 1.807) is 6.20 Å². The molecule has 3 N–H and O–H groups in total. The molecule has 1 amide bonds. The highest BCUT2D eigenvalue weighted by Gasteiger charge is 2.30. The van der Waals surface area contributed by atoms with Gasteiger partial charge < -0.3 is 15.6 Å². The van der Waals surface area contributed by atoms with Crippen LogP contribution in [0.4, 0.5) is 0 Å². The number of likely N-dealkylation sites (tertiary alicyclic amines) is 1. The van der Waals surface area contributed by atoms with Crippen LogP contribution in [0.1, 0.15) is 47.1 Å². The molecule has 1 unspecified atom stereocenters. The van der Waals surface area contributed by atoms with Gasteiger partial charge in [-0.2, -0.15) is 0 Å². The molecule has 0 spiro atoms. The summed E-state index contributed by atoms with van der Waals surface area (Å²) < 4.78 is 0. The van der Waals surface area contributed by atoms with Gasteiger partial charge in [-0.3, -0.25) is 4.79 Å². The monoisotopic (exact) mass is 284 g/mol. The summed E-state index contributed by atoms with van der Waals surface area (Å²) in [5.74, 6) is 0.946. The van der Waals surface area contributed by atoms with E-state index >= 15 is 0 Å². The lowest BCUT2D eigenvalue weighted by atomic mass is 10.00. The van der Waals surface area contributed by atoms with E-state index in [4.69, 9.17) is 5.73 Å². The molecule has 5 nitrogen and oxygen atoms in total. The van der Waals surface area contributed by atoms with Crippen molar-refractivity contribution in [1.82, 2.24) is 14.9 Å². The van der Waals surface area contributed by atoms with Gasteiger partial charge in [-0.05, 0) is 37.0 Å². The number of benzene rings is 1. The van der Waals surface area contributed by atoms with Crippen LogP contribution in [0.5, 0.6) is 0 Å². The van der Waals surface area contributed by atoms with Gasteiger partial charge in [0.25, 0.3) is 5.91 Å². The van der Waals surface area contributed by atoms with Crippen molar-refractivity contribution >= 4 is 5.91 Å². The third-order valence-corrected chi connectivity index (χ3v) is 4.04. The number of aromatic amines is 1. The lowest BCUT2D eigenvalue weighted by Gasteiger charge is -2.34. The molecule has 0 bridgehead atoms. The maximum Gasteiger partial charge on any atom is 0.254 e. The van der Waals surface area contributed by atoms with Gasteiger partial charge in [0.15, 0.2) is 0 Å². The number of piperidine rings is 1. The van der Waals surface area contributed by atoms with E-state index in [1.165, 1.54) is 0 Å². The fourth-order valence-corrected chi connectivity index (χ4v) is 2.87. The Morgan fingerprint density at radius 2 is 2.14 bits per heavy atom. The summed E-state index contributed by atoms with van der Waals surface area (Å²) in [5, 5.41) is 0. The Kier molecular flexibility index (Phi) is 4.01. The predicted octanol–water partition coefficient (Wildman–Crippen LogP) is 2.24. The third-order valence-electron chi connectivity index (χ3n) is 4.04. The van der Waals surface area contributed by atoms with Crippen LogP contribution < -0.4 is 5.73 Å². The zero-order valence-corrected chi connectivity index (χ0v) is 12.0. The number of aromatic nitrogens is 2. The summed E-state index contributed by atoms with van der Waals surface area (Å²) in [6.07, 6.45) is 6.68. The number of nitrogens with zero attached hydrogens (tertiary/aromatic N) is 2. The Balaban J connectivity index is 1.83. The summed E-state index contributed by atoms with van der Waals surface area (Å²) in [6.45, 7) is 1.27. The first-order valence-corrected chi connectivity index (χ1v) is 7.39. The number of carbonyl (C=O) groups excluding carboxylic acids is 1. The maximum absolute atomic E-state index is 12.8. The number of H-pyrrole nitrogens is 1. The first-order valence-electron chi connectivity index (χ1n) is 7.39. The Bertz CT molecular complexity index is 591. The van der Waals surface area contributed by atoms with Crippen LogP contribution in [-0.2, 0) is 6.54 Å². The number of hydrogen-bond acceptors (Lipinski definition) is 3. The first kappa shape index (κ1) is 13.8. The van der Waals surface area contributed by atoms with Gasteiger partial charge in [-0.25, -0.2) is 4.98 Å². The molecule has 110 valence electrons. The molecule has 1 saturated heterocycles. The summed E-state index contributed by atoms with van der Waals surface area (Å²) >= 11 is 0. The number of imidazole rings is 1. The van der Waals surface area contributed by atoms with E-state index in [0.717, 1.165) is 37.2 Å². The molecule has 1 aromatic carbocycles. The van der Waals surface area contributed by atoms with E-state index in [0.29, 0.717) is 12.1 Å². The Morgan fingerprint density at radius 3 is 2.81 bits per heavy atom. The highest BCUT2D eigenvalue weighted by molar-refractivity contribution is 5.94. The number of rotatable bonds is 3. The summed E-state index contributed by atoms with van der Waals surface area (Å²) in [4.78, 5) is 22.2. The lowest BCUT2D eigenvalue weighted by molar-refractivity contribution is 0.0601. The summed E-state index contributed by atoms with van der Waals surface area (Å²) in [6, 6.07) is 7.60. The van der Waals surface area contributed by atoms with Crippen molar-refractivity contribution < 1.29 is 4.79 Å². The molecule has 21 heavy (non-hydrogen) atoms. The van der Waals surface area contributed by atoms with Gasteiger partial charge in [-0.1, -0.05) is 12.1 Å². The minimum atomic E-state index is 0.0513. The lowest BCUT2D eigenvalue weighted by Crippen LogP contribution is -2.39. The van der Waals surface area contributed by atoms with E-state index in [9.17, 15) is 4.79 Å². The molecule has 0 radical (unpaired) electrons. The largest absolute Gasteiger partial charge is 0.347 e. The third kappa shape index (κ3) is 2.83. The SMILES string of the molecule is NCc1ccc(C(=O)N2CCCCC2c2ncc[nH]2)cc1. The average Bonchev–Trinajstić information content (AvgIpc) is 3.08. The molecule has 1 atom stereocenters. The maximum atomic E-state index is 12.8. The van der Waals surface area contributed by atoms with Gasteiger partial charge in [0.2, 0.25) is 0 Å². The first-order chi connectivity index (χ1) is 10.3. The van der Waals surface area contributed by atoms with Crippen LogP contribution in [0.2, 0.25) is 0 Å². The molecule has 5 heteroatoms. The van der Waals surface area contributed by atoms with Crippen molar-refractivity contribution in [2.24, 2.45) is 5.73 Å². The van der Waals surface area contributed by atoms with E-state index in [2.05, 4.69) is 9.97 Å². The van der Waals surface area contributed by atoms with Gasteiger partial charge in [-0.15, -0.1) is 0 Å². The second-order valence-corrected chi connectivity index (χ2v) is 5.39. The van der Waals surface area contributed by atoms with Crippen LogP contribution in [0.15, 0.2) is 36.7 Å². The molecule has 3 rings (SSSR count). The number of hydrogen-bond donors (Lipinski definition) is 2. The highest BCUT2D eigenvalue weighted by Crippen LogP contribution is 2.30. The van der Waals surface area contributed by atoms with Crippen molar-refractivity contribution in [3.63, 3.8) is 0 Å². The molecule has 1 fully saturated rings. The van der Waals surface area contributed by atoms with Crippen molar-refractivity contribution in [1.29, 1.82) is 0 Å². The average molecular weight is 284 g/mol. The fourth-order valence-electron chi connectivity index (χ4n) is 2.87. The van der Waals surface area contributed by atoms with Crippen LogP contribution in [0.25, 0.3) is 0 Å². The second kappa shape index (κ2) is 6.10. The molecule has 1 aromatic heterocycles. The van der Waals surface area contributed by atoms with E-state index < -0.39 is 0 Å². The van der Waals surface area contributed by atoms with Crippen LogP contribution in [0, 0.1) is 0 Å². The molecule has 2 heterocycles. The Labute approximate surface area is 124 Å². The minimum absolute atomic E-state index is 0.0513. The zero-order chi connectivity index (χ0) is 14.7. The summed E-state index contributed by atoms with van der Waals surface area (Å²) in [7, 11) is 0. The standard InChI is InChI=1S/C16H20N4O/c17-11-12-4-6-13(7-5-12)16(21)20-10-2-1-3-14(20)15-18-8-9-19-15/h4-9,14H,1-3,10-11,17H2,(H,18,19). The molecule has 1 aliphatic rings. The molecular weight excluding hydrogens is 264 g/mol. The van der Waals surface area contributed by atoms with Gasteiger partial charge in [0.05, 0.1) is 6.04 Å². The zero-order valence-electron chi connectivity index (χ0n) is 12.0. The smallest absolute Gasteiger partial charge is 0.254 e. The number of nitrogens with two attached hydrogens (primary N) is 1. The van der Waals surface area contributed by atoms with Gasteiger partial charge in [0, 0.05) is 31.0 Å². The Morgan fingerprint density at radius 1 is 1.33 bits per heavy atom. The number of amides is 1. The molecular formula is C16H20N4O. The topological polar surface area (TPSA) is 75.0 Å². The van der Waals surface area contributed by atoms with Gasteiger partial charge in [0.1, 0.15) is 5.82 Å². The quantitative estimate of drug-likeness (QED) is 0.907. The second-order valence-electron chi connectivity index (χ2n) is 5.39. The van der Waals surface area contributed by atoms with Gasteiger partial charge >= 0.3 is 0 Å². The van der Waals surface area contributed by atoms with Crippen molar-refractivity contribution in [2.75, 3.05) is 6.54 Å². The van der Waals surface area contributed by atoms with E-state index in [-0.39, 0.29) is 11.9 Å². The molecule has 1 aliphatic heterocycles. The normalized spacial score (nSPS) is 18.7. The minimum Gasteiger partial charge on any atom is -0.347 e. The number of carbonyl (C=O) groups is 1. The Hall–Kier alpha value is -2.14. The van der Waals surface area contributed by atoms with E-state index in [1.807, 2.05) is 35.4 Å². The van der Waals surface area contributed by atoms with Crippen LogP contribution in [0.3, 0.4) is 0 Å². The van der Waals surface area contributed by atoms with Crippen LogP contribution in [-0.4, -0.2) is 27.3 Å². The fraction of sp³-hybridized carbons (Fsp3) is 0.375. The molecule has 0 aliphatic carbocycles. The van der Waals surface area contributed by atoms with Crippen molar-refractivity contribution in [2.45, 2.75) is 31.8 Å². The van der Waals surface area contributed by atoms with Crippen LogP contribution >= 0.6 is 0 Å². The van der Waals surface area contributed by atoms with Crippen molar-refractivity contribution in [3.8, 4) is 0 Å². The van der Waals surface area contributed by atoms with Crippen molar-refractivity contribution in [3.05, 3.63) is 53.6 Å².